The SMILES string of the molecule is CCCCNC(=S)N(CC(C)C)C(CC)CC. The monoisotopic (exact) mass is 258 g/mol. The zero-order valence-electron chi connectivity index (χ0n) is 12.3. The summed E-state index contributed by atoms with van der Waals surface area (Å²) in [6, 6.07) is 0.582. The minimum atomic E-state index is 0.582. The molecule has 0 aromatic heterocycles. The average molecular weight is 258 g/mol. The summed E-state index contributed by atoms with van der Waals surface area (Å²) in [6.45, 7) is 13.3. The molecule has 0 bridgehead atoms. The van der Waals surface area contributed by atoms with Gasteiger partial charge in [0.15, 0.2) is 5.11 Å². The molecule has 2 nitrogen and oxygen atoms in total. The highest BCUT2D eigenvalue weighted by Crippen LogP contribution is 2.12. The molecule has 0 heterocycles. The maximum Gasteiger partial charge on any atom is 0.169 e. The number of hydrogen-bond acceptors (Lipinski definition) is 1. The maximum atomic E-state index is 5.53. The van der Waals surface area contributed by atoms with E-state index in [1.54, 1.807) is 0 Å². The Morgan fingerprint density at radius 3 is 2.18 bits per heavy atom. The highest BCUT2D eigenvalue weighted by Gasteiger charge is 2.18. The van der Waals surface area contributed by atoms with Crippen LogP contribution < -0.4 is 5.32 Å². The molecule has 0 rings (SSSR count). The van der Waals surface area contributed by atoms with Gasteiger partial charge in [-0.3, -0.25) is 0 Å². The summed E-state index contributed by atoms with van der Waals surface area (Å²) in [6.07, 6.45) is 4.74. The fourth-order valence-corrected chi connectivity index (χ4v) is 2.32. The van der Waals surface area contributed by atoms with Gasteiger partial charge in [-0.15, -0.1) is 0 Å². The quantitative estimate of drug-likeness (QED) is 0.526. The van der Waals surface area contributed by atoms with Gasteiger partial charge in [-0.25, -0.2) is 0 Å². The molecule has 102 valence electrons. The van der Waals surface area contributed by atoms with Crippen LogP contribution in [0.1, 0.15) is 60.3 Å². The molecule has 0 aromatic carbocycles. The van der Waals surface area contributed by atoms with E-state index in [2.05, 4.69) is 44.8 Å². The summed E-state index contributed by atoms with van der Waals surface area (Å²) >= 11 is 5.53. The summed E-state index contributed by atoms with van der Waals surface area (Å²) in [4.78, 5) is 2.38. The molecule has 0 saturated heterocycles. The minimum absolute atomic E-state index is 0.582. The van der Waals surface area contributed by atoms with Crippen LogP contribution >= 0.6 is 12.2 Å². The van der Waals surface area contributed by atoms with Crippen molar-refractivity contribution in [3.63, 3.8) is 0 Å². The first-order chi connectivity index (χ1) is 8.06. The van der Waals surface area contributed by atoms with Crippen LogP contribution in [0, 0.1) is 5.92 Å². The topological polar surface area (TPSA) is 15.3 Å². The third kappa shape index (κ3) is 6.87. The Balaban J connectivity index is 4.38. The molecule has 0 amide bonds. The molecule has 3 heteroatoms. The third-order valence-electron chi connectivity index (χ3n) is 3.01. The van der Waals surface area contributed by atoms with Crippen LogP contribution in [0.5, 0.6) is 0 Å². The number of nitrogens with one attached hydrogen (secondary N) is 1. The van der Waals surface area contributed by atoms with Crippen molar-refractivity contribution in [2.75, 3.05) is 13.1 Å². The van der Waals surface area contributed by atoms with E-state index < -0.39 is 0 Å². The van der Waals surface area contributed by atoms with Crippen LogP contribution in [0.25, 0.3) is 0 Å². The van der Waals surface area contributed by atoms with Crippen molar-refractivity contribution < 1.29 is 0 Å². The highest BCUT2D eigenvalue weighted by atomic mass is 32.1. The van der Waals surface area contributed by atoms with Crippen LogP contribution in [-0.4, -0.2) is 29.1 Å². The molecule has 0 aliphatic heterocycles. The first-order valence-electron chi connectivity index (χ1n) is 7.11. The zero-order chi connectivity index (χ0) is 13.3. The Kier molecular flexibility index (Phi) is 9.52. The Bertz CT molecular complexity index is 200. The van der Waals surface area contributed by atoms with Crippen molar-refractivity contribution in [3.05, 3.63) is 0 Å². The van der Waals surface area contributed by atoms with Crippen LogP contribution in [-0.2, 0) is 0 Å². The van der Waals surface area contributed by atoms with Crippen LogP contribution in [0.2, 0.25) is 0 Å². The Morgan fingerprint density at radius 1 is 1.18 bits per heavy atom. The molecular weight excluding hydrogens is 228 g/mol. The number of rotatable bonds is 8. The Hall–Kier alpha value is -0.310. The second-order valence-corrected chi connectivity index (χ2v) is 5.49. The van der Waals surface area contributed by atoms with E-state index in [9.17, 15) is 0 Å². The van der Waals surface area contributed by atoms with Gasteiger partial charge in [0.2, 0.25) is 0 Å². The maximum absolute atomic E-state index is 5.53. The second-order valence-electron chi connectivity index (χ2n) is 5.10. The molecule has 0 unspecified atom stereocenters. The van der Waals surface area contributed by atoms with Crippen molar-refractivity contribution >= 4 is 17.3 Å². The molecule has 0 spiro atoms. The normalized spacial score (nSPS) is 11.0. The standard InChI is InChI=1S/C14H30N2S/c1-6-9-10-15-14(17)16(11-12(4)5)13(7-2)8-3/h12-13H,6-11H2,1-5H3,(H,15,17). The molecule has 0 atom stereocenters. The molecule has 0 fully saturated rings. The van der Waals surface area contributed by atoms with E-state index in [0.29, 0.717) is 12.0 Å². The van der Waals surface area contributed by atoms with Gasteiger partial charge in [-0.1, -0.05) is 41.0 Å². The smallest absolute Gasteiger partial charge is 0.169 e. The summed E-state index contributed by atoms with van der Waals surface area (Å²) < 4.78 is 0. The van der Waals surface area contributed by atoms with Crippen LogP contribution in [0.3, 0.4) is 0 Å². The van der Waals surface area contributed by atoms with E-state index in [1.165, 1.54) is 25.7 Å². The van der Waals surface area contributed by atoms with Crippen molar-refractivity contribution in [3.8, 4) is 0 Å². The predicted octanol–water partition coefficient (Wildman–Crippen LogP) is 3.81. The van der Waals surface area contributed by atoms with Crippen LogP contribution in [0.15, 0.2) is 0 Å². The zero-order valence-corrected chi connectivity index (χ0v) is 13.1. The summed E-state index contributed by atoms with van der Waals surface area (Å²) in [5.74, 6) is 0.654. The fraction of sp³-hybridized carbons (Fsp3) is 0.929. The lowest BCUT2D eigenvalue weighted by Crippen LogP contribution is -2.47. The van der Waals surface area contributed by atoms with Crippen LogP contribution in [0.4, 0.5) is 0 Å². The number of hydrogen-bond donors (Lipinski definition) is 1. The Morgan fingerprint density at radius 2 is 1.76 bits per heavy atom. The molecule has 0 aliphatic rings. The number of unbranched alkanes of at least 4 members (excludes halogenated alkanes) is 1. The van der Waals surface area contributed by atoms with Crippen molar-refractivity contribution in [1.82, 2.24) is 10.2 Å². The first kappa shape index (κ1) is 16.7. The van der Waals surface area contributed by atoms with Gasteiger partial charge in [0, 0.05) is 19.1 Å². The fourth-order valence-electron chi connectivity index (χ4n) is 1.99. The van der Waals surface area contributed by atoms with E-state index in [0.717, 1.165) is 18.2 Å². The van der Waals surface area contributed by atoms with Gasteiger partial charge < -0.3 is 10.2 Å². The number of thiocarbonyl (C=S) groups is 1. The van der Waals surface area contributed by atoms with Gasteiger partial charge in [-0.2, -0.15) is 0 Å². The van der Waals surface area contributed by atoms with E-state index in [-0.39, 0.29) is 0 Å². The van der Waals surface area contributed by atoms with Gasteiger partial charge in [-0.05, 0) is 37.4 Å². The molecule has 17 heavy (non-hydrogen) atoms. The lowest BCUT2D eigenvalue weighted by molar-refractivity contribution is 0.263. The molecule has 0 aliphatic carbocycles. The summed E-state index contributed by atoms with van der Waals surface area (Å²) in [5, 5.41) is 4.34. The van der Waals surface area contributed by atoms with Crippen molar-refractivity contribution in [2.24, 2.45) is 5.92 Å². The van der Waals surface area contributed by atoms with E-state index >= 15 is 0 Å². The summed E-state index contributed by atoms with van der Waals surface area (Å²) in [7, 11) is 0. The van der Waals surface area contributed by atoms with Gasteiger partial charge in [0.05, 0.1) is 0 Å². The molecule has 0 saturated carbocycles. The minimum Gasteiger partial charge on any atom is -0.363 e. The van der Waals surface area contributed by atoms with E-state index in [1.807, 2.05) is 0 Å². The second kappa shape index (κ2) is 9.69. The largest absolute Gasteiger partial charge is 0.363 e. The lowest BCUT2D eigenvalue weighted by atomic mass is 10.1. The predicted molar refractivity (Wildman–Crippen MR) is 81.4 cm³/mol. The lowest BCUT2D eigenvalue weighted by Gasteiger charge is -2.34. The van der Waals surface area contributed by atoms with Gasteiger partial charge in [0.1, 0.15) is 0 Å². The highest BCUT2D eigenvalue weighted by molar-refractivity contribution is 7.80. The first-order valence-corrected chi connectivity index (χ1v) is 7.51. The molecule has 0 aromatic rings. The average Bonchev–Trinajstić information content (AvgIpc) is 2.29. The van der Waals surface area contributed by atoms with E-state index in [4.69, 9.17) is 12.2 Å². The summed E-state index contributed by atoms with van der Waals surface area (Å²) in [5.41, 5.74) is 0. The van der Waals surface area contributed by atoms with Gasteiger partial charge in [0.25, 0.3) is 0 Å². The number of nitrogens with zero attached hydrogens (tertiary/aromatic N) is 1. The van der Waals surface area contributed by atoms with Gasteiger partial charge >= 0.3 is 0 Å². The van der Waals surface area contributed by atoms with Crippen molar-refractivity contribution in [1.29, 1.82) is 0 Å². The molecule has 0 radical (unpaired) electrons. The third-order valence-corrected chi connectivity index (χ3v) is 3.39. The molecule has 1 N–H and O–H groups in total. The van der Waals surface area contributed by atoms with Crippen molar-refractivity contribution in [2.45, 2.75) is 66.3 Å². The Labute approximate surface area is 113 Å². The molecular formula is C14H30N2S.